The lowest BCUT2D eigenvalue weighted by atomic mass is 9.73. The summed E-state index contributed by atoms with van der Waals surface area (Å²) in [6.07, 6.45) is 6.41. The van der Waals surface area contributed by atoms with Gasteiger partial charge in [-0.05, 0) is 65.7 Å². The molecule has 0 N–H and O–H groups in total. The molecule has 162 valence electrons. The molecule has 29 heavy (non-hydrogen) atoms. The minimum Gasteiger partial charge on any atom is -0.466 e. The van der Waals surface area contributed by atoms with Crippen LogP contribution in [0.25, 0.3) is 0 Å². The first-order valence-electron chi connectivity index (χ1n) is 10.9. The van der Waals surface area contributed by atoms with Crippen LogP contribution in [0.1, 0.15) is 68.9 Å². The summed E-state index contributed by atoms with van der Waals surface area (Å²) in [6.45, 7) is 7.95. The summed E-state index contributed by atoms with van der Waals surface area (Å²) >= 11 is 0. The average Bonchev–Trinajstić information content (AvgIpc) is 3.05. The maximum Gasteiger partial charge on any atom is 0.312 e. The normalized spacial score (nSPS) is 21.8. The number of nitrogens with zero attached hydrogens (tertiary/aromatic N) is 2. The monoisotopic (exact) mass is 406 g/mol. The Morgan fingerprint density at radius 1 is 1.24 bits per heavy atom. The van der Waals surface area contributed by atoms with E-state index in [0.717, 1.165) is 42.9 Å². The van der Waals surface area contributed by atoms with Gasteiger partial charge in [0.1, 0.15) is 5.76 Å². The van der Waals surface area contributed by atoms with Crippen LogP contribution in [0.15, 0.2) is 4.52 Å². The fraction of sp³-hybridized carbons (Fsp3) is 0.773. The molecule has 0 bridgehead atoms. The summed E-state index contributed by atoms with van der Waals surface area (Å²) in [4.78, 5) is 27.5. The zero-order valence-corrected chi connectivity index (χ0v) is 18.0. The fourth-order valence-corrected chi connectivity index (χ4v) is 4.61. The SMILES string of the molecule is CCOC(=O)C1(C[C@@H]2CCCCO2)CCN(C(=O)CCc2c(C)noc2C)CC1. The largest absolute Gasteiger partial charge is 0.466 e. The molecule has 2 aliphatic rings. The lowest BCUT2D eigenvalue weighted by Crippen LogP contribution is -2.49. The van der Waals surface area contributed by atoms with E-state index in [0.29, 0.717) is 51.8 Å². The Labute approximate surface area is 173 Å². The molecule has 0 unspecified atom stereocenters. The first-order chi connectivity index (χ1) is 13.9. The molecular weight excluding hydrogens is 372 g/mol. The number of piperidine rings is 1. The molecule has 1 aromatic rings. The van der Waals surface area contributed by atoms with Crippen molar-refractivity contribution in [3.8, 4) is 0 Å². The van der Waals surface area contributed by atoms with Crippen molar-refractivity contribution >= 4 is 11.9 Å². The highest BCUT2D eigenvalue weighted by molar-refractivity contribution is 5.79. The van der Waals surface area contributed by atoms with Crippen LogP contribution in [-0.2, 0) is 25.5 Å². The van der Waals surface area contributed by atoms with E-state index in [-0.39, 0.29) is 18.0 Å². The Balaban J connectivity index is 1.58. The Morgan fingerprint density at radius 3 is 2.59 bits per heavy atom. The van der Waals surface area contributed by atoms with Crippen LogP contribution in [-0.4, -0.2) is 54.3 Å². The standard InChI is InChI=1S/C22H34N2O5/c1-4-27-21(26)22(15-18-7-5-6-14-28-18)10-12-24(13-11-22)20(25)9-8-19-16(2)23-29-17(19)3/h18H,4-15H2,1-3H3/t18-/m0/s1. The van der Waals surface area contributed by atoms with Crippen molar-refractivity contribution in [2.45, 2.75) is 78.2 Å². The maximum absolute atomic E-state index is 12.8. The van der Waals surface area contributed by atoms with Crippen LogP contribution < -0.4 is 0 Å². The number of aromatic nitrogens is 1. The number of amides is 1. The van der Waals surface area contributed by atoms with E-state index < -0.39 is 5.41 Å². The number of aryl methyl sites for hydroxylation is 2. The molecule has 1 atom stereocenters. The lowest BCUT2D eigenvalue weighted by Gasteiger charge is -2.42. The average molecular weight is 407 g/mol. The first kappa shape index (κ1) is 21.8. The van der Waals surface area contributed by atoms with Crippen molar-refractivity contribution in [2.75, 3.05) is 26.3 Å². The molecular formula is C22H34N2O5. The molecule has 7 nitrogen and oxygen atoms in total. The minimum atomic E-state index is -0.531. The Kier molecular flexibility index (Phi) is 7.33. The summed E-state index contributed by atoms with van der Waals surface area (Å²) in [5, 5.41) is 3.95. The van der Waals surface area contributed by atoms with E-state index in [2.05, 4.69) is 5.16 Å². The summed E-state index contributed by atoms with van der Waals surface area (Å²) in [6, 6.07) is 0. The molecule has 0 aliphatic carbocycles. The van der Waals surface area contributed by atoms with Gasteiger partial charge < -0.3 is 18.9 Å². The molecule has 2 aliphatic heterocycles. The molecule has 1 amide bonds. The van der Waals surface area contributed by atoms with Gasteiger partial charge in [0.05, 0.1) is 23.8 Å². The van der Waals surface area contributed by atoms with Crippen molar-refractivity contribution in [3.63, 3.8) is 0 Å². The molecule has 3 rings (SSSR count). The number of hydrogen-bond donors (Lipinski definition) is 0. The minimum absolute atomic E-state index is 0.120. The van der Waals surface area contributed by atoms with Crippen molar-refractivity contribution < 1.29 is 23.6 Å². The van der Waals surface area contributed by atoms with Crippen LogP contribution >= 0.6 is 0 Å². The quantitative estimate of drug-likeness (QED) is 0.646. The molecule has 3 heterocycles. The third kappa shape index (κ3) is 5.18. The van der Waals surface area contributed by atoms with Gasteiger partial charge in [-0.25, -0.2) is 0 Å². The molecule has 2 saturated heterocycles. The smallest absolute Gasteiger partial charge is 0.312 e. The molecule has 7 heteroatoms. The van der Waals surface area contributed by atoms with E-state index >= 15 is 0 Å². The molecule has 1 aromatic heterocycles. The fourth-order valence-electron chi connectivity index (χ4n) is 4.61. The molecule has 0 spiro atoms. The van der Waals surface area contributed by atoms with Gasteiger partial charge in [-0.15, -0.1) is 0 Å². The van der Waals surface area contributed by atoms with Crippen molar-refractivity contribution in [1.29, 1.82) is 0 Å². The van der Waals surface area contributed by atoms with Crippen LogP contribution in [0.5, 0.6) is 0 Å². The van der Waals surface area contributed by atoms with Crippen LogP contribution in [0.2, 0.25) is 0 Å². The number of carbonyl (C=O) groups excluding carboxylic acids is 2. The predicted octanol–water partition coefficient (Wildman–Crippen LogP) is 3.36. The predicted molar refractivity (Wildman–Crippen MR) is 107 cm³/mol. The van der Waals surface area contributed by atoms with Crippen LogP contribution in [0, 0.1) is 19.3 Å². The second kappa shape index (κ2) is 9.74. The Hall–Kier alpha value is -1.89. The highest BCUT2D eigenvalue weighted by Crippen LogP contribution is 2.40. The molecule has 0 saturated carbocycles. The Bertz CT molecular complexity index is 681. The third-order valence-electron chi connectivity index (χ3n) is 6.44. The number of hydrogen-bond acceptors (Lipinski definition) is 6. The van der Waals surface area contributed by atoms with Crippen LogP contribution in [0.4, 0.5) is 0 Å². The van der Waals surface area contributed by atoms with Gasteiger partial charge in [0, 0.05) is 31.7 Å². The van der Waals surface area contributed by atoms with Gasteiger partial charge >= 0.3 is 5.97 Å². The van der Waals surface area contributed by atoms with Gasteiger partial charge in [0.2, 0.25) is 5.91 Å². The molecule has 0 aromatic carbocycles. The van der Waals surface area contributed by atoms with E-state index in [1.54, 1.807) is 0 Å². The lowest BCUT2D eigenvalue weighted by molar-refractivity contribution is -0.164. The van der Waals surface area contributed by atoms with Crippen molar-refractivity contribution in [3.05, 3.63) is 17.0 Å². The van der Waals surface area contributed by atoms with E-state index in [9.17, 15) is 9.59 Å². The summed E-state index contributed by atoms with van der Waals surface area (Å²) in [5.74, 6) is 0.774. The van der Waals surface area contributed by atoms with E-state index in [4.69, 9.17) is 14.0 Å². The summed E-state index contributed by atoms with van der Waals surface area (Å²) in [7, 11) is 0. The van der Waals surface area contributed by atoms with Crippen molar-refractivity contribution in [1.82, 2.24) is 10.1 Å². The second-order valence-electron chi connectivity index (χ2n) is 8.38. The number of rotatable bonds is 7. The van der Waals surface area contributed by atoms with Gasteiger partial charge in [-0.1, -0.05) is 5.16 Å². The van der Waals surface area contributed by atoms with E-state index in [1.165, 1.54) is 0 Å². The van der Waals surface area contributed by atoms with Gasteiger partial charge in [0.15, 0.2) is 0 Å². The highest BCUT2D eigenvalue weighted by atomic mass is 16.5. The third-order valence-corrected chi connectivity index (χ3v) is 6.44. The number of esters is 1. The topological polar surface area (TPSA) is 81.9 Å². The van der Waals surface area contributed by atoms with Gasteiger partial charge in [-0.2, -0.15) is 0 Å². The molecule has 0 radical (unpaired) electrons. The first-order valence-corrected chi connectivity index (χ1v) is 10.9. The van der Waals surface area contributed by atoms with Gasteiger partial charge in [0.25, 0.3) is 0 Å². The molecule has 2 fully saturated rings. The summed E-state index contributed by atoms with van der Waals surface area (Å²) in [5.41, 5.74) is 1.34. The second-order valence-corrected chi connectivity index (χ2v) is 8.38. The maximum atomic E-state index is 12.8. The number of ether oxygens (including phenoxy) is 2. The number of carbonyl (C=O) groups is 2. The Morgan fingerprint density at radius 2 is 2.00 bits per heavy atom. The zero-order valence-electron chi connectivity index (χ0n) is 18.0. The highest BCUT2D eigenvalue weighted by Gasteiger charge is 2.45. The van der Waals surface area contributed by atoms with Crippen molar-refractivity contribution in [2.24, 2.45) is 5.41 Å². The zero-order chi connectivity index (χ0) is 20.9. The summed E-state index contributed by atoms with van der Waals surface area (Å²) < 4.78 is 16.5. The number of likely N-dealkylation sites (tertiary alicyclic amines) is 1. The van der Waals surface area contributed by atoms with Gasteiger partial charge in [-0.3, -0.25) is 9.59 Å². The van der Waals surface area contributed by atoms with E-state index in [1.807, 2.05) is 25.7 Å². The van der Waals surface area contributed by atoms with Crippen LogP contribution in [0.3, 0.4) is 0 Å².